The van der Waals surface area contributed by atoms with E-state index in [0.717, 1.165) is 0 Å². The number of nitrogens with zero attached hydrogens (tertiary/aromatic N) is 1. The van der Waals surface area contributed by atoms with Gasteiger partial charge in [-0.2, -0.15) is 0 Å². The van der Waals surface area contributed by atoms with Gasteiger partial charge in [0.2, 0.25) is 5.91 Å². The molecular weight excluding hydrogens is 276 g/mol. The van der Waals surface area contributed by atoms with Crippen LogP contribution in [0.4, 0.5) is 11.4 Å². The van der Waals surface area contributed by atoms with Crippen molar-refractivity contribution in [2.45, 2.75) is 19.4 Å². The van der Waals surface area contributed by atoms with Gasteiger partial charge in [0.1, 0.15) is 18.8 Å². The highest BCUT2D eigenvalue weighted by molar-refractivity contribution is 6.08. The molecule has 0 saturated heterocycles. The Hall–Kier alpha value is -2.44. The van der Waals surface area contributed by atoms with E-state index in [1.807, 2.05) is 0 Å². The molecule has 2 aliphatic heterocycles. The average Bonchev–Trinajstić information content (AvgIpc) is 2.44. The molecule has 0 aromatic heterocycles. The molecule has 0 bridgehead atoms. The van der Waals surface area contributed by atoms with Crippen molar-refractivity contribution in [3.05, 3.63) is 12.1 Å². The van der Waals surface area contributed by atoms with Gasteiger partial charge in [-0.1, -0.05) is 0 Å². The zero-order chi connectivity index (χ0) is 15.2. The van der Waals surface area contributed by atoms with Crippen LogP contribution in [0.5, 0.6) is 11.5 Å². The summed E-state index contributed by atoms with van der Waals surface area (Å²) in [5, 5.41) is 12.4. The molecule has 1 aromatic rings. The van der Waals surface area contributed by atoms with Crippen molar-refractivity contribution in [2.24, 2.45) is 0 Å². The number of carboxylic acids is 1. The molecule has 112 valence electrons. The van der Waals surface area contributed by atoms with Crippen molar-refractivity contribution in [3.8, 4) is 11.5 Å². The van der Waals surface area contributed by atoms with Gasteiger partial charge in [0.15, 0.2) is 11.5 Å². The number of benzene rings is 1. The maximum absolute atomic E-state index is 12.2. The fourth-order valence-electron chi connectivity index (χ4n) is 2.50. The van der Waals surface area contributed by atoms with Crippen molar-refractivity contribution >= 4 is 23.3 Å². The van der Waals surface area contributed by atoms with Gasteiger partial charge in [-0.05, 0) is 13.8 Å². The SMILES string of the molecule is CC(C)(C(=O)O)N1C(=O)CNc2cc3c(cc21)OCCO3. The van der Waals surface area contributed by atoms with E-state index in [1.165, 1.54) is 18.7 Å². The molecule has 0 radical (unpaired) electrons. The summed E-state index contributed by atoms with van der Waals surface area (Å²) >= 11 is 0. The zero-order valence-corrected chi connectivity index (χ0v) is 11.8. The van der Waals surface area contributed by atoms with Crippen molar-refractivity contribution in [1.29, 1.82) is 0 Å². The van der Waals surface area contributed by atoms with Crippen LogP contribution in [-0.2, 0) is 9.59 Å². The standard InChI is InChI=1S/C14H16N2O5/c1-14(2,13(18)19)16-9-6-11-10(20-3-4-21-11)5-8(9)15-7-12(16)17/h5-6,15H,3-4,7H2,1-2H3,(H,18,19). The Bertz CT molecular complexity index is 626. The molecule has 1 aromatic carbocycles. The molecule has 7 heteroatoms. The third-order valence-electron chi connectivity index (χ3n) is 3.66. The quantitative estimate of drug-likeness (QED) is 0.848. The first-order valence-electron chi connectivity index (χ1n) is 6.65. The highest BCUT2D eigenvalue weighted by Gasteiger charge is 2.42. The molecule has 0 aliphatic carbocycles. The first kappa shape index (κ1) is 13.5. The van der Waals surface area contributed by atoms with Crippen molar-refractivity contribution in [2.75, 3.05) is 30.0 Å². The second-order valence-corrected chi connectivity index (χ2v) is 5.46. The monoisotopic (exact) mass is 292 g/mol. The van der Waals surface area contributed by atoms with Crippen LogP contribution < -0.4 is 19.7 Å². The molecule has 0 saturated carbocycles. The minimum Gasteiger partial charge on any atom is -0.486 e. The number of amides is 1. The fraction of sp³-hybridized carbons (Fsp3) is 0.429. The summed E-state index contributed by atoms with van der Waals surface area (Å²) in [6.07, 6.45) is 0. The van der Waals surface area contributed by atoms with Crippen LogP contribution in [0.25, 0.3) is 0 Å². The molecule has 1 amide bonds. The second kappa shape index (κ2) is 4.54. The fourth-order valence-corrected chi connectivity index (χ4v) is 2.50. The Balaban J connectivity index is 2.13. The maximum Gasteiger partial charge on any atom is 0.329 e. The normalized spacial score (nSPS) is 17.0. The molecule has 21 heavy (non-hydrogen) atoms. The smallest absolute Gasteiger partial charge is 0.329 e. The number of ether oxygens (including phenoxy) is 2. The highest BCUT2D eigenvalue weighted by Crippen LogP contribution is 2.43. The van der Waals surface area contributed by atoms with Gasteiger partial charge in [-0.15, -0.1) is 0 Å². The lowest BCUT2D eigenvalue weighted by Gasteiger charge is -2.39. The minimum absolute atomic E-state index is 0.0450. The number of fused-ring (bicyclic) bond motifs is 2. The number of nitrogens with one attached hydrogen (secondary N) is 1. The lowest BCUT2D eigenvalue weighted by Crippen LogP contribution is -2.56. The molecule has 2 aliphatic rings. The number of hydrogen-bond donors (Lipinski definition) is 2. The van der Waals surface area contributed by atoms with Gasteiger partial charge >= 0.3 is 5.97 Å². The molecular formula is C14H16N2O5. The molecule has 0 spiro atoms. The van der Waals surface area contributed by atoms with E-state index in [4.69, 9.17) is 9.47 Å². The number of rotatable bonds is 2. The average molecular weight is 292 g/mol. The summed E-state index contributed by atoms with van der Waals surface area (Å²) in [5.74, 6) is -0.261. The molecule has 2 N–H and O–H groups in total. The van der Waals surface area contributed by atoms with Crippen molar-refractivity contribution in [1.82, 2.24) is 0 Å². The summed E-state index contributed by atoms with van der Waals surface area (Å²) in [4.78, 5) is 25.0. The van der Waals surface area contributed by atoms with E-state index in [9.17, 15) is 14.7 Å². The summed E-state index contributed by atoms with van der Waals surface area (Å²) in [6, 6.07) is 3.39. The van der Waals surface area contributed by atoms with E-state index in [-0.39, 0.29) is 12.5 Å². The van der Waals surface area contributed by atoms with Crippen molar-refractivity contribution < 1.29 is 24.2 Å². The van der Waals surface area contributed by atoms with E-state index in [0.29, 0.717) is 36.1 Å². The Kier molecular flexibility index (Phi) is 2.93. The summed E-state index contributed by atoms with van der Waals surface area (Å²) in [5.41, 5.74) is -0.200. The van der Waals surface area contributed by atoms with Crippen LogP contribution in [-0.4, -0.2) is 42.3 Å². The number of carboxylic acid groups (broad SMARTS) is 1. The van der Waals surface area contributed by atoms with Gasteiger partial charge in [0, 0.05) is 12.1 Å². The van der Waals surface area contributed by atoms with Crippen LogP contribution >= 0.6 is 0 Å². The lowest BCUT2D eigenvalue weighted by atomic mass is 9.99. The summed E-state index contributed by atoms with van der Waals surface area (Å²) in [7, 11) is 0. The largest absolute Gasteiger partial charge is 0.486 e. The number of carbonyl (C=O) groups is 2. The number of anilines is 2. The number of carbonyl (C=O) groups excluding carboxylic acids is 1. The van der Waals surface area contributed by atoms with E-state index in [2.05, 4.69) is 5.32 Å². The molecule has 0 unspecified atom stereocenters. The van der Waals surface area contributed by atoms with Gasteiger partial charge in [-0.25, -0.2) is 4.79 Å². The second-order valence-electron chi connectivity index (χ2n) is 5.46. The Morgan fingerprint density at radius 2 is 1.90 bits per heavy atom. The Labute approximate surface area is 121 Å². The van der Waals surface area contributed by atoms with Crippen LogP contribution in [0.3, 0.4) is 0 Å². The Morgan fingerprint density at radius 1 is 1.29 bits per heavy atom. The Morgan fingerprint density at radius 3 is 2.52 bits per heavy atom. The summed E-state index contributed by atoms with van der Waals surface area (Å²) in [6.45, 7) is 3.94. The van der Waals surface area contributed by atoms with Gasteiger partial charge in [0.05, 0.1) is 17.9 Å². The zero-order valence-electron chi connectivity index (χ0n) is 11.8. The lowest BCUT2D eigenvalue weighted by molar-refractivity contribution is -0.143. The number of hydrogen-bond acceptors (Lipinski definition) is 5. The third kappa shape index (κ3) is 2.05. The van der Waals surface area contributed by atoms with Crippen LogP contribution in [0.2, 0.25) is 0 Å². The third-order valence-corrected chi connectivity index (χ3v) is 3.66. The molecule has 0 atom stereocenters. The first-order chi connectivity index (χ1) is 9.91. The van der Waals surface area contributed by atoms with Crippen LogP contribution in [0.15, 0.2) is 12.1 Å². The van der Waals surface area contributed by atoms with E-state index in [1.54, 1.807) is 12.1 Å². The summed E-state index contributed by atoms with van der Waals surface area (Å²) < 4.78 is 11.0. The predicted molar refractivity (Wildman–Crippen MR) is 75.1 cm³/mol. The predicted octanol–water partition coefficient (Wildman–Crippen LogP) is 1.08. The van der Waals surface area contributed by atoms with E-state index < -0.39 is 11.5 Å². The molecule has 2 heterocycles. The number of aliphatic carboxylic acids is 1. The van der Waals surface area contributed by atoms with Gasteiger partial charge in [0.25, 0.3) is 0 Å². The minimum atomic E-state index is -1.35. The maximum atomic E-state index is 12.2. The molecule has 7 nitrogen and oxygen atoms in total. The van der Waals surface area contributed by atoms with Crippen LogP contribution in [0.1, 0.15) is 13.8 Å². The van der Waals surface area contributed by atoms with Gasteiger partial charge < -0.3 is 19.9 Å². The van der Waals surface area contributed by atoms with Crippen LogP contribution in [0, 0.1) is 0 Å². The highest BCUT2D eigenvalue weighted by atomic mass is 16.6. The van der Waals surface area contributed by atoms with E-state index >= 15 is 0 Å². The van der Waals surface area contributed by atoms with Crippen molar-refractivity contribution in [3.63, 3.8) is 0 Å². The molecule has 3 rings (SSSR count). The topological polar surface area (TPSA) is 88.1 Å². The molecule has 0 fully saturated rings. The van der Waals surface area contributed by atoms with Gasteiger partial charge in [-0.3, -0.25) is 9.69 Å². The first-order valence-corrected chi connectivity index (χ1v) is 6.65.